The zero-order chi connectivity index (χ0) is 13.8. The van der Waals surface area contributed by atoms with Gasteiger partial charge in [0.2, 0.25) is 0 Å². The SMILES string of the molecule is CNC(C)CNC(=O)c1cccc(S(C)(=O)=O)c1.Cl. The van der Waals surface area contributed by atoms with Gasteiger partial charge in [0, 0.05) is 24.4 Å². The van der Waals surface area contributed by atoms with E-state index in [2.05, 4.69) is 10.6 Å². The number of amides is 1. The summed E-state index contributed by atoms with van der Waals surface area (Å²) in [5, 5.41) is 5.73. The van der Waals surface area contributed by atoms with Gasteiger partial charge >= 0.3 is 0 Å². The predicted molar refractivity (Wildman–Crippen MR) is 77.7 cm³/mol. The van der Waals surface area contributed by atoms with Crippen molar-refractivity contribution >= 4 is 28.2 Å². The van der Waals surface area contributed by atoms with Crippen LogP contribution >= 0.6 is 12.4 Å². The Labute approximate surface area is 120 Å². The molecule has 0 aromatic heterocycles. The fourth-order valence-corrected chi connectivity index (χ4v) is 1.98. The molecule has 0 aliphatic rings. The standard InChI is InChI=1S/C12H18N2O3S.ClH/c1-9(13-2)8-14-12(15)10-5-4-6-11(7-10)18(3,16)17;/h4-7,9,13H,8H2,1-3H3,(H,14,15);1H. The van der Waals surface area contributed by atoms with Crippen molar-refractivity contribution in [3.8, 4) is 0 Å². The number of benzene rings is 1. The molecule has 5 nitrogen and oxygen atoms in total. The molecule has 19 heavy (non-hydrogen) atoms. The lowest BCUT2D eigenvalue weighted by molar-refractivity contribution is 0.0950. The Bertz CT molecular complexity index is 532. The first-order valence-corrected chi connectivity index (χ1v) is 7.49. The minimum absolute atomic E-state index is 0. The van der Waals surface area contributed by atoms with Crippen molar-refractivity contribution in [3.05, 3.63) is 29.8 Å². The number of carbonyl (C=O) groups excluding carboxylic acids is 1. The Balaban J connectivity index is 0.00000324. The van der Waals surface area contributed by atoms with E-state index in [-0.39, 0.29) is 29.3 Å². The number of sulfone groups is 1. The number of rotatable bonds is 5. The Morgan fingerprint density at radius 1 is 1.37 bits per heavy atom. The van der Waals surface area contributed by atoms with E-state index >= 15 is 0 Å². The highest BCUT2D eigenvalue weighted by Crippen LogP contribution is 2.11. The van der Waals surface area contributed by atoms with Crippen LogP contribution in [0.3, 0.4) is 0 Å². The normalized spacial score (nSPS) is 12.4. The molecule has 0 saturated carbocycles. The van der Waals surface area contributed by atoms with Gasteiger partial charge in [-0.2, -0.15) is 0 Å². The molecule has 0 aliphatic carbocycles. The summed E-state index contributed by atoms with van der Waals surface area (Å²) in [6.07, 6.45) is 1.12. The third-order valence-corrected chi connectivity index (χ3v) is 3.70. The van der Waals surface area contributed by atoms with Crippen LogP contribution in [0.1, 0.15) is 17.3 Å². The molecular weight excluding hydrogens is 288 g/mol. The number of halogens is 1. The fourth-order valence-electron chi connectivity index (χ4n) is 1.32. The van der Waals surface area contributed by atoms with Crippen molar-refractivity contribution in [1.29, 1.82) is 0 Å². The summed E-state index contributed by atoms with van der Waals surface area (Å²) in [7, 11) is -1.48. The minimum Gasteiger partial charge on any atom is -0.350 e. The highest BCUT2D eigenvalue weighted by Gasteiger charge is 2.11. The Kier molecular flexibility index (Phi) is 7.04. The van der Waals surface area contributed by atoms with Gasteiger partial charge < -0.3 is 10.6 Å². The summed E-state index contributed by atoms with van der Waals surface area (Å²) in [6.45, 7) is 2.42. The summed E-state index contributed by atoms with van der Waals surface area (Å²) < 4.78 is 22.8. The van der Waals surface area contributed by atoms with Crippen molar-refractivity contribution in [2.75, 3.05) is 19.8 Å². The second kappa shape index (κ2) is 7.47. The molecule has 1 rings (SSSR count). The van der Waals surface area contributed by atoms with Crippen LogP contribution in [-0.4, -0.2) is 40.2 Å². The summed E-state index contributed by atoms with van der Waals surface area (Å²) in [4.78, 5) is 12.0. The molecule has 1 aromatic carbocycles. The third kappa shape index (κ3) is 5.59. The maximum atomic E-state index is 11.8. The molecule has 108 valence electrons. The minimum atomic E-state index is -3.29. The van der Waals surface area contributed by atoms with Crippen molar-refractivity contribution in [3.63, 3.8) is 0 Å². The van der Waals surface area contributed by atoms with Crippen LogP contribution in [0.2, 0.25) is 0 Å². The van der Waals surface area contributed by atoms with Crippen LogP contribution in [0.25, 0.3) is 0 Å². The monoisotopic (exact) mass is 306 g/mol. The number of hydrogen-bond donors (Lipinski definition) is 2. The number of nitrogens with one attached hydrogen (secondary N) is 2. The van der Waals surface area contributed by atoms with E-state index < -0.39 is 9.84 Å². The largest absolute Gasteiger partial charge is 0.350 e. The van der Waals surface area contributed by atoms with E-state index in [0.717, 1.165) is 6.26 Å². The van der Waals surface area contributed by atoms with E-state index in [4.69, 9.17) is 0 Å². The van der Waals surface area contributed by atoms with E-state index in [1.165, 1.54) is 12.1 Å². The van der Waals surface area contributed by atoms with Crippen LogP contribution in [0.5, 0.6) is 0 Å². The molecule has 1 atom stereocenters. The van der Waals surface area contributed by atoms with Crippen LogP contribution in [-0.2, 0) is 9.84 Å². The molecule has 7 heteroatoms. The van der Waals surface area contributed by atoms with Crippen molar-refractivity contribution in [2.45, 2.75) is 17.9 Å². The lowest BCUT2D eigenvalue weighted by Crippen LogP contribution is -2.37. The van der Waals surface area contributed by atoms with Crippen LogP contribution in [0.4, 0.5) is 0 Å². The van der Waals surface area contributed by atoms with Gasteiger partial charge in [0.05, 0.1) is 4.90 Å². The molecular formula is C12H19ClN2O3S. The van der Waals surface area contributed by atoms with Crippen LogP contribution < -0.4 is 10.6 Å². The molecule has 0 bridgehead atoms. The molecule has 0 heterocycles. The van der Waals surface area contributed by atoms with Crippen LogP contribution in [0.15, 0.2) is 29.2 Å². The lowest BCUT2D eigenvalue weighted by atomic mass is 10.2. The molecule has 0 saturated heterocycles. The maximum absolute atomic E-state index is 11.8. The first-order chi connectivity index (χ1) is 8.34. The first kappa shape index (κ1) is 17.9. The zero-order valence-electron chi connectivity index (χ0n) is 11.1. The third-order valence-electron chi connectivity index (χ3n) is 2.59. The predicted octanol–water partition coefficient (Wildman–Crippen LogP) is 0.850. The first-order valence-electron chi connectivity index (χ1n) is 5.60. The summed E-state index contributed by atoms with van der Waals surface area (Å²) in [6, 6.07) is 6.17. The molecule has 0 radical (unpaired) electrons. The lowest BCUT2D eigenvalue weighted by Gasteiger charge is -2.11. The Morgan fingerprint density at radius 3 is 2.53 bits per heavy atom. The van der Waals surface area contributed by atoms with Gasteiger partial charge in [-0.15, -0.1) is 12.4 Å². The Morgan fingerprint density at radius 2 is 2.00 bits per heavy atom. The zero-order valence-corrected chi connectivity index (χ0v) is 12.8. The topological polar surface area (TPSA) is 75.3 Å². The van der Waals surface area contributed by atoms with E-state index in [0.29, 0.717) is 12.1 Å². The van der Waals surface area contributed by atoms with Gasteiger partial charge in [0.25, 0.3) is 5.91 Å². The molecule has 0 spiro atoms. The van der Waals surface area contributed by atoms with E-state index in [1.54, 1.807) is 19.2 Å². The van der Waals surface area contributed by atoms with Crippen molar-refractivity contribution in [2.24, 2.45) is 0 Å². The number of carbonyl (C=O) groups is 1. The van der Waals surface area contributed by atoms with Gasteiger partial charge in [-0.1, -0.05) is 6.07 Å². The number of hydrogen-bond acceptors (Lipinski definition) is 4. The second-order valence-electron chi connectivity index (χ2n) is 4.20. The molecule has 1 aromatic rings. The molecule has 0 fully saturated rings. The van der Waals surface area contributed by atoms with E-state index in [9.17, 15) is 13.2 Å². The molecule has 1 unspecified atom stereocenters. The average Bonchev–Trinajstić information content (AvgIpc) is 2.34. The van der Waals surface area contributed by atoms with Gasteiger partial charge in [-0.25, -0.2) is 8.42 Å². The smallest absolute Gasteiger partial charge is 0.251 e. The fraction of sp³-hybridized carbons (Fsp3) is 0.417. The van der Waals surface area contributed by atoms with Crippen molar-refractivity contribution < 1.29 is 13.2 Å². The van der Waals surface area contributed by atoms with Gasteiger partial charge in [0.15, 0.2) is 9.84 Å². The van der Waals surface area contributed by atoms with Gasteiger partial charge in [-0.05, 0) is 32.2 Å². The molecule has 2 N–H and O–H groups in total. The van der Waals surface area contributed by atoms with E-state index in [1.807, 2.05) is 6.92 Å². The summed E-state index contributed by atoms with van der Waals surface area (Å²) in [5.74, 6) is -0.275. The average molecular weight is 307 g/mol. The van der Waals surface area contributed by atoms with Gasteiger partial charge in [0.1, 0.15) is 0 Å². The second-order valence-corrected chi connectivity index (χ2v) is 6.22. The van der Waals surface area contributed by atoms with Crippen LogP contribution in [0, 0.1) is 0 Å². The Hall–Kier alpha value is -1.11. The molecule has 1 amide bonds. The molecule has 0 aliphatic heterocycles. The maximum Gasteiger partial charge on any atom is 0.251 e. The number of likely N-dealkylation sites (N-methyl/N-ethyl adjacent to an activating group) is 1. The summed E-state index contributed by atoms with van der Waals surface area (Å²) >= 11 is 0. The summed E-state index contributed by atoms with van der Waals surface area (Å²) in [5.41, 5.74) is 0.348. The van der Waals surface area contributed by atoms with Gasteiger partial charge in [-0.3, -0.25) is 4.79 Å². The quantitative estimate of drug-likeness (QED) is 0.846. The van der Waals surface area contributed by atoms with Crippen molar-refractivity contribution in [1.82, 2.24) is 10.6 Å². The highest BCUT2D eigenvalue weighted by molar-refractivity contribution is 7.90. The highest BCUT2D eigenvalue weighted by atomic mass is 35.5.